The van der Waals surface area contributed by atoms with E-state index < -0.39 is 0 Å². The predicted octanol–water partition coefficient (Wildman–Crippen LogP) is 4.76. The van der Waals surface area contributed by atoms with Gasteiger partial charge in [0.15, 0.2) is 11.5 Å². The number of hydrogen-bond acceptors (Lipinski definition) is 4. The van der Waals surface area contributed by atoms with E-state index in [0.29, 0.717) is 24.4 Å². The molecule has 3 amide bonds. The molecule has 1 unspecified atom stereocenters. The van der Waals surface area contributed by atoms with Crippen molar-refractivity contribution in [1.82, 2.24) is 10.2 Å². The number of anilines is 1. The number of para-hydroxylation sites is 1. The third-order valence-corrected chi connectivity index (χ3v) is 6.24. The third-order valence-electron chi connectivity index (χ3n) is 6.24. The predicted molar refractivity (Wildman–Crippen MR) is 129 cm³/mol. The minimum absolute atomic E-state index is 0.0893. The van der Waals surface area contributed by atoms with Crippen LogP contribution in [-0.2, 0) is 6.54 Å². The highest BCUT2D eigenvalue weighted by Gasteiger charge is 2.25. The van der Waals surface area contributed by atoms with Crippen molar-refractivity contribution in [1.29, 1.82) is 0 Å². The van der Waals surface area contributed by atoms with Crippen molar-refractivity contribution >= 4 is 17.6 Å². The van der Waals surface area contributed by atoms with Crippen LogP contribution in [0.5, 0.6) is 11.5 Å². The number of hydrogen-bond donors (Lipinski definition) is 2. The summed E-state index contributed by atoms with van der Waals surface area (Å²) in [5.74, 6) is 1.49. The van der Waals surface area contributed by atoms with Crippen LogP contribution in [0.2, 0.25) is 0 Å². The minimum Gasteiger partial charge on any atom is -0.454 e. The Kier molecular flexibility index (Phi) is 6.33. The van der Waals surface area contributed by atoms with E-state index in [2.05, 4.69) is 10.6 Å². The highest BCUT2D eigenvalue weighted by Crippen LogP contribution is 2.32. The molecule has 0 bridgehead atoms. The van der Waals surface area contributed by atoms with Crippen molar-refractivity contribution in [3.63, 3.8) is 0 Å². The Hall–Kier alpha value is -4.00. The Morgan fingerprint density at radius 3 is 2.68 bits per heavy atom. The first-order valence-electron chi connectivity index (χ1n) is 11.5. The molecule has 7 heteroatoms. The zero-order valence-electron chi connectivity index (χ0n) is 18.8. The molecule has 174 valence electrons. The van der Waals surface area contributed by atoms with Gasteiger partial charge in [0.05, 0.1) is 0 Å². The first-order valence-corrected chi connectivity index (χ1v) is 11.5. The van der Waals surface area contributed by atoms with Gasteiger partial charge in [0.1, 0.15) is 0 Å². The van der Waals surface area contributed by atoms with Gasteiger partial charge >= 0.3 is 6.03 Å². The van der Waals surface area contributed by atoms with Crippen LogP contribution in [0, 0.1) is 0 Å². The molecule has 0 aliphatic carbocycles. The van der Waals surface area contributed by atoms with Gasteiger partial charge in [0.25, 0.3) is 5.91 Å². The molecule has 0 saturated carbocycles. The number of ether oxygens (including phenoxy) is 2. The number of urea groups is 1. The number of nitrogens with zero attached hydrogens (tertiary/aromatic N) is 1. The van der Waals surface area contributed by atoms with Gasteiger partial charge in [0.2, 0.25) is 6.79 Å². The van der Waals surface area contributed by atoms with Gasteiger partial charge in [-0.3, -0.25) is 4.79 Å². The van der Waals surface area contributed by atoms with Crippen molar-refractivity contribution < 1.29 is 19.1 Å². The van der Waals surface area contributed by atoms with E-state index in [1.807, 2.05) is 77.7 Å². The van der Waals surface area contributed by atoms with Crippen molar-refractivity contribution in [2.24, 2.45) is 0 Å². The van der Waals surface area contributed by atoms with Gasteiger partial charge < -0.3 is 25.0 Å². The molecule has 5 rings (SSSR count). The summed E-state index contributed by atoms with van der Waals surface area (Å²) in [5, 5.41) is 5.95. The fourth-order valence-electron chi connectivity index (χ4n) is 4.43. The molecule has 1 atom stereocenters. The normalized spacial score (nSPS) is 16.7. The standard InChI is InChI=1S/C27H27N3O4/c31-26(28-16-19-11-12-24-25(14-19)34-18-33-24)21-7-4-6-20(15-21)22-8-5-13-30(17-22)27(32)29-23-9-2-1-3-10-23/h1-4,6-7,9-12,14-15,22H,5,8,13,16-18H2,(H,28,31)(H,29,32). The summed E-state index contributed by atoms with van der Waals surface area (Å²) >= 11 is 0. The average Bonchev–Trinajstić information content (AvgIpc) is 3.36. The van der Waals surface area contributed by atoms with Crippen LogP contribution in [0.25, 0.3) is 0 Å². The number of rotatable bonds is 5. The van der Waals surface area contributed by atoms with Crippen molar-refractivity contribution in [2.45, 2.75) is 25.3 Å². The summed E-state index contributed by atoms with van der Waals surface area (Å²) in [5.41, 5.74) is 3.42. The zero-order valence-corrected chi connectivity index (χ0v) is 18.8. The monoisotopic (exact) mass is 457 g/mol. The maximum Gasteiger partial charge on any atom is 0.321 e. The fraction of sp³-hybridized carbons (Fsp3) is 0.259. The van der Waals surface area contributed by atoms with Crippen LogP contribution < -0.4 is 20.1 Å². The maximum absolute atomic E-state index is 12.8. The van der Waals surface area contributed by atoms with Crippen LogP contribution in [0.1, 0.15) is 40.2 Å². The van der Waals surface area contributed by atoms with Crippen LogP contribution in [0.3, 0.4) is 0 Å². The first-order chi connectivity index (χ1) is 16.7. The zero-order chi connectivity index (χ0) is 23.3. The van der Waals surface area contributed by atoms with Gasteiger partial charge in [-0.1, -0.05) is 36.4 Å². The molecule has 1 saturated heterocycles. The molecule has 0 spiro atoms. The van der Waals surface area contributed by atoms with Crippen molar-refractivity contribution in [2.75, 3.05) is 25.2 Å². The van der Waals surface area contributed by atoms with Gasteiger partial charge in [0, 0.05) is 36.8 Å². The molecule has 2 aliphatic heterocycles. The number of carbonyl (C=O) groups is 2. The van der Waals surface area contributed by atoms with E-state index in [9.17, 15) is 9.59 Å². The lowest BCUT2D eigenvalue weighted by Crippen LogP contribution is -2.41. The Labute approximate surface area is 198 Å². The second-order valence-corrected chi connectivity index (χ2v) is 8.58. The summed E-state index contributed by atoms with van der Waals surface area (Å²) in [6.07, 6.45) is 1.91. The van der Waals surface area contributed by atoms with Crippen LogP contribution >= 0.6 is 0 Å². The number of carbonyl (C=O) groups excluding carboxylic acids is 2. The fourth-order valence-corrected chi connectivity index (χ4v) is 4.43. The molecular weight excluding hydrogens is 430 g/mol. The Bertz CT molecular complexity index is 1180. The molecular formula is C27H27N3O4. The van der Waals surface area contributed by atoms with E-state index in [1.165, 1.54) is 0 Å². The van der Waals surface area contributed by atoms with E-state index in [0.717, 1.165) is 42.0 Å². The summed E-state index contributed by atoms with van der Waals surface area (Å²) in [4.78, 5) is 27.4. The second kappa shape index (κ2) is 9.87. The van der Waals surface area contributed by atoms with Crippen LogP contribution in [0.4, 0.5) is 10.5 Å². The number of benzene rings is 3. The smallest absolute Gasteiger partial charge is 0.321 e. The Morgan fingerprint density at radius 1 is 0.941 bits per heavy atom. The number of amides is 3. The lowest BCUT2D eigenvalue weighted by molar-refractivity contribution is 0.0950. The molecule has 1 fully saturated rings. The summed E-state index contributed by atoms with van der Waals surface area (Å²) in [7, 11) is 0. The van der Waals surface area contributed by atoms with E-state index in [4.69, 9.17) is 9.47 Å². The number of likely N-dealkylation sites (tertiary alicyclic amines) is 1. The molecule has 3 aromatic rings. The molecule has 3 aromatic carbocycles. The van der Waals surface area contributed by atoms with Gasteiger partial charge in [-0.15, -0.1) is 0 Å². The highest BCUT2D eigenvalue weighted by molar-refractivity contribution is 5.94. The third kappa shape index (κ3) is 4.98. The minimum atomic E-state index is -0.131. The lowest BCUT2D eigenvalue weighted by Gasteiger charge is -2.33. The molecule has 7 nitrogen and oxygen atoms in total. The number of fused-ring (bicyclic) bond motifs is 1. The van der Waals surface area contributed by atoms with Crippen molar-refractivity contribution in [3.8, 4) is 11.5 Å². The number of piperidine rings is 1. The Morgan fingerprint density at radius 2 is 1.79 bits per heavy atom. The molecule has 0 aromatic heterocycles. The number of nitrogens with one attached hydrogen (secondary N) is 2. The van der Waals surface area contributed by atoms with E-state index >= 15 is 0 Å². The average molecular weight is 458 g/mol. The topological polar surface area (TPSA) is 79.9 Å². The van der Waals surface area contributed by atoms with Crippen LogP contribution in [0.15, 0.2) is 72.8 Å². The molecule has 0 radical (unpaired) electrons. The largest absolute Gasteiger partial charge is 0.454 e. The lowest BCUT2D eigenvalue weighted by atomic mass is 9.89. The second-order valence-electron chi connectivity index (χ2n) is 8.58. The Balaban J connectivity index is 1.20. The van der Waals surface area contributed by atoms with Crippen molar-refractivity contribution in [3.05, 3.63) is 89.5 Å². The molecule has 34 heavy (non-hydrogen) atoms. The van der Waals surface area contributed by atoms with Gasteiger partial charge in [-0.2, -0.15) is 0 Å². The quantitative estimate of drug-likeness (QED) is 0.579. The summed E-state index contributed by atoms with van der Waals surface area (Å²) in [6, 6.07) is 22.8. The first kappa shape index (κ1) is 21.8. The highest BCUT2D eigenvalue weighted by atomic mass is 16.7. The van der Waals surface area contributed by atoms with Gasteiger partial charge in [-0.25, -0.2) is 4.79 Å². The van der Waals surface area contributed by atoms with E-state index in [1.54, 1.807) is 0 Å². The van der Waals surface area contributed by atoms with E-state index in [-0.39, 0.29) is 24.6 Å². The van der Waals surface area contributed by atoms with Crippen LogP contribution in [-0.4, -0.2) is 36.7 Å². The summed E-state index contributed by atoms with van der Waals surface area (Å²) in [6.45, 7) is 1.98. The molecule has 2 N–H and O–H groups in total. The van der Waals surface area contributed by atoms with Gasteiger partial charge in [-0.05, 0) is 60.4 Å². The molecule has 2 aliphatic rings. The SMILES string of the molecule is O=C(NCc1ccc2c(c1)OCO2)c1cccc(C2CCCN(C(=O)Nc3ccccc3)C2)c1. The maximum atomic E-state index is 12.8. The molecule has 2 heterocycles. The summed E-state index contributed by atoms with van der Waals surface area (Å²) < 4.78 is 10.7.